The molecule has 2 fully saturated rings. The van der Waals surface area contributed by atoms with E-state index >= 15 is 0 Å². The summed E-state index contributed by atoms with van der Waals surface area (Å²) < 4.78 is 7.50. The lowest BCUT2D eigenvalue weighted by Gasteiger charge is -2.44. The van der Waals surface area contributed by atoms with Crippen molar-refractivity contribution in [3.63, 3.8) is 0 Å². The second kappa shape index (κ2) is 8.56. The largest absolute Gasteiger partial charge is 0.507 e. The number of hydrogen-bond donors (Lipinski definition) is 2. The summed E-state index contributed by atoms with van der Waals surface area (Å²) in [6.45, 7) is 3.50. The van der Waals surface area contributed by atoms with Gasteiger partial charge in [-0.05, 0) is 43.0 Å². The Labute approximate surface area is 199 Å². The highest BCUT2D eigenvalue weighted by Gasteiger charge is 2.37. The summed E-state index contributed by atoms with van der Waals surface area (Å²) in [6.07, 6.45) is 6.91. The van der Waals surface area contributed by atoms with E-state index in [0.717, 1.165) is 68.2 Å². The summed E-state index contributed by atoms with van der Waals surface area (Å²) >= 11 is 0. The van der Waals surface area contributed by atoms with Crippen molar-refractivity contribution in [2.75, 3.05) is 43.2 Å². The number of aromatic hydroxyl groups is 1. The molecule has 3 aromatic rings. The first-order valence-corrected chi connectivity index (χ1v) is 12.1. The summed E-state index contributed by atoms with van der Waals surface area (Å²) in [7, 11) is 4.00. The van der Waals surface area contributed by atoms with Crippen molar-refractivity contribution < 1.29 is 9.84 Å². The third-order valence-electron chi connectivity index (χ3n) is 7.31. The molecule has 0 amide bonds. The zero-order chi connectivity index (χ0) is 23.2. The van der Waals surface area contributed by atoms with Crippen LogP contribution in [-0.2, 0) is 11.8 Å². The van der Waals surface area contributed by atoms with Gasteiger partial charge in [0, 0.05) is 62.6 Å². The Kier molecular flexibility index (Phi) is 5.38. The molecule has 178 valence electrons. The first-order valence-electron chi connectivity index (χ1n) is 12.1. The maximum absolute atomic E-state index is 10.8. The molecule has 2 atom stereocenters. The van der Waals surface area contributed by atoms with E-state index in [1.54, 1.807) is 16.9 Å². The number of ether oxygens (including phenoxy) is 1. The summed E-state index contributed by atoms with van der Waals surface area (Å²) in [5.74, 6) is 1.14. The number of nitrogens with one attached hydrogen (secondary N) is 1. The van der Waals surface area contributed by atoms with Crippen LogP contribution < -0.4 is 15.1 Å². The third-order valence-corrected chi connectivity index (χ3v) is 7.31. The maximum Gasteiger partial charge on any atom is 0.175 e. The van der Waals surface area contributed by atoms with Gasteiger partial charge in [-0.25, -0.2) is 0 Å². The molecule has 3 aliphatic rings. The monoisotopic (exact) mass is 461 g/mol. The van der Waals surface area contributed by atoms with Crippen LogP contribution in [0.15, 0.2) is 36.7 Å². The molecule has 0 aliphatic carbocycles. The minimum atomic E-state index is 0.190. The molecule has 34 heavy (non-hydrogen) atoms. The quantitative estimate of drug-likeness (QED) is 0.615. The minimum absolute atomic E-state index is 0.190. The standard InChI is InChI=1S/C25H31N7O2/c1-30-6-3-7-32(20-9-18-14-34-15-19(10-20)27-18)25-23(30)11-22(28-29-25)21-5-4-16(8-24(21)33)17-12-26-31(2)13-17/h4-5,8,11-13,18-20,27,33H,3,6-7,9-10,14-15H2,1-2H3. The number of phenols is 1. The first kappa shape index (κ1) is 21.4. The molecular formula is C25H31N7O2. The molecule has 0 spiro atoms. The number of piperidine rings is 1. The molecule has 6 rings (SSSR count). The topological polar surface area (TPSA) is 91.6 Å². The van der Waals surface area contributed by atoms with Crippen molar-refractivity contribution in [2.45, 2.75) is 37.4 Å². The highest BCUT2D eigenvalue weighted by atomic mass is 16.5. The van der Waals surface area contributed by atoms with Gasteiger partial charge in [0.1, 0.15) is 5.75 Å². The Bertz CT molecular complexity index is 1180. The fourth-order valence-electron chi connectivity index (χ4n) is 5.61. The van der Waals surface area contributed by atoms with Crippen molar-refractivity contribution in [3.05, 3.63) is 36.7 Å². The molecule has 2 aromatic heterocycles. The Morgan fingerprint density at radius 2 is 1.85 bits per heavy atom. The third kappa shape index (κ3) is 3.88. The fraction of sp³-hybridized carbons (Fsp3) is 0.480. The van der Waals surface area contributed by atoms with E-state index in [-0.39, 0.29) is 5.75 Å². The van der Waals surface area contributed by atoms with Crippen LogP contribution in [-0.4, -0.2) is 76.6 Å². The van der Waals surface area contributed by atoms with E-state index in [2.05, 4.69) is 38.4 Å². The smallest absolute Gasteiger partial charge is 0.175 e. The average Bonchev–Trinajstić information content (AvgIpc) is 3.20. The van der Waals surface area contributed by atoms with Gasteiger partial charge in [0.05, 0.1) is 30.8 Å². The predicted octanol–water partition coefficient (Wildman–Crippen LogP) is 2.42. The summed E-state index contributed by atoms with van der Waals surface area (Å²) in [5, 5.41) is 28.1. The lowest BCUT2D eigenvalue weighted by atomic mass is 9.91. The summed E-state index contributed by atoms with van der Waals surface area (Å²) in [4.78, 5) is 4.73. The Morgan fingerprint density at radius 3 is 2.59 bits per heavy atom. The lowest BCUT2D eigenvalue weighted by Crippen LogP contribution is -2.59. The van der Waals surface area contributed by atoms with Gasteiger partial charge in [-0.3, -0.25) is 4.68 Å². The van der Waals surface area contributed by atoms with E-state index in [1.165, 1.54) is 0 Å². The van der Waals surface area contributed by atoms with Crippen molar-refractivity contribution in [2.24, 2.45) is 7.05 Å². The van der Waals surface area contributed by atoms with Crippen LogP contribution >= 0.6 is 0 Å². The molecule has 5 heterocycles. The summed E-state index contributed by atoms with van der Waals surface area (Å²) in [5.41, 5.74) is 4.31. The van der Waals surface area contributed by atoms with Gasteiger partial charge in [-0.1, -0.05) is 6.07 Å². The van der Waals surface area contributed by atoms with Crippen LogP contribution in [0.3, 0.4) is 0 Å². The number of morpholine rings is 1. The number of rotatable bonds is 3. The van der Waals surface area contributed by atoms with Gasteiger partial charge in [-0.15, -0.1) is 10.2 Å². The van der Waals surface area contributed by atoms with E-state index in [0.29, 0.717) is 29.4 Å². The average molecular weight is 462 g/mol. The van der Waals surface area contributed by atoms with E-state index in [9.17, 15) is 5.11 Å². The molecule has 0 radical (unpaired) electrons. The lowest BCUT2D eigenvalue weighted by molar-refractivity contribution is 0.0178. The van der Waals surface area contributed by atoms with Gasteiger partial charge < -0.3 is 25.0 Å². The van der Waals surface area contributed by atoms with Gasteiger partial charge >= 0.3 is 0 Å². The number of anilines is 2. The SMILES string of the molecule is CN1CCCN(C2CC3COCC(C2)N3)c2nnc(-c3ccc(-c4cnn(C)c4)cc3O)cc21. The van der Waals surface area contributed by atoms with Crippen LogP contribution in [0.5, 0.6) is 5.75 Å². The van der Waals surface area contributed by atoms with E-state index in [1.807, 2.05) is 25.4 Å². The Morgan fingerprint density at radius 1 is 1.03 bits per heavy atom. The molecule has 9 nitrogen and oxygen atoms in total. The van der Waals surface area contributed by atoms with Crippen molar-refractivity contribution in [1.82, 2.24) is 25.3 Å². The van der Waals surface area contributed by atoms with Gasteiger partial charge in [-0.2, -0.15) is 5.10 Å². The molecule has 2 bridgehead atoms. The molecule has 2 N–H and O–H groups in total. The molecule has 9 heteroatoms. The van der Waals surface area contributed by atoms with Crippen LogP contribution in [0.2, 0.25) is 0 Å². The maximum atomic E-state index is 10.8. The summed E-state index contributed by atoms with van der Waals surface area (Å²) in [6, 6.07) is 8.99. The van der Waals surface area contributed by atoms with Crippen molar-refractivity contribution in [1.29, 1.82) is 0 Å². The van der Waals surface area contributed by atoms with Crippen LogP contribution in [0.1, 0.15) is 19.3 Å². The minimum Gasteiger partial charge on any atom is -0.507 e. The molecule has 2 unspecified atom stereocenters. The molecule has 0 saturated carbocycles. The zero-order valence-corrected chi connectivity index (χ0v) is 19.7. The second-order valence-corrected chi connectivity index (χ2v) is 9.76. The van der Waals surface area contributed by atoms with E-state index in [4.69, 9.17) is 9.84 Å². The molecule has 1 aromatic carbocycles. The van der Waals surface area contributed by atoms with Gasteiger partial charge in [0.2, 0.25) is 0 Å². The zero-order valence-electron chi connectivity index (χ0n) is 19.7. The predicted molar refractivity (Wildman–Crippen MR) is 131 cm³/mol. The number of fused-ring (bicyclic) bond motifs is 3. The van der Waals surface area contributed by atoms with Crippen LogP contribution in [0.25, 0.3) is 22.4 Å². The van der Waals surface area contributed by atoms with Crippen molar-refractivity contribution >= 4 is 11.5 Å². The molecule has 3 aliphatic heterocycles. The highest BCUT2D eigenvalue weighted by Crippen LogP contribution is 2.38. The van der Waals surface area contributed by atoms with Gasteiger partial charge in [0.15, 0.2) is 5.82 Å². The number of hydrogen-bond acceptors (Lipinski definition) is 8. The first-order chi connectivity index (χ1) is 16.5. The van der Waals surface area contributed by atoms with Crippen LogP contribution in [0, 0.1) is 0 Å². The molecule has 2 saturated heterocycles. The van der Waals surface area contributed by atoms with Crippen LogP contribution in [0.4, 0.5) is 11.5 Å². The number of phenolic OH excluding ortho intramolecular Hbond substituents is 1. The highest BCUT2D eigenvalue weighted by molar-refractivity contribution is 5.78. The Balaban J connectivity index is 1.33. The normalized spacial score (nSPS) is 24.6. The number of aromatic nitrogens is 4. The van der Waals surface area contributed by atoms with E-state index < -0.39 is 0 Å². The number of nitrogens with zero attached hydrogens (tertiary/aromatic N) is 6. The number of aryl methyl sites for hydroxylation is 1. The fourth-order valence-corrected chi connectivity index (χ4v) is 5.61. The second-order valence-electron chi connectivity index (χ2n) is 9.76. The Hall–Kier alpha value is -3.17. The van der Waals surface area contributed by atoms with Gasteiger partial charge in [0.25, 0.3) is 0 Å². The van der Waals surface area contributed by atoms with Crippen molar-refractivity contribution in [3.8, 4) is 28.1 Å². The molecular weight excluding hydrogens is 430 g/mol. The number of benzene rings is 1.